The zero-order valence-corrected chi connectivity index (χ0v) is 9.69. The van der Waals surface area contributed by atoms with Gasteiger partial charge in [0.1, 0.15) is 0 Å². The van der Waals surface area contributed by atoms with E-state index in [-0.39, 0.29) is 6.04 Å². The molecule has 0 bridgehead atoms. The van der Waals surface area contributed by atoms with Gasteiger partial charge < -0.3 is 20.5 Å². The van der Waals surface area contributed by atoms with Gasteiger partial charge in [-0.1, -0.05) is 19.9 Å². The molecule has 0 aromatic heterocycles. The lowest BCUT2D eigenvalue weighted by atomic mass is 10.1. The molecule has 1 aromatic rings. The summed E-state index contributed by atoms with van der Waals surface area (Å²) < 4.78 is 10.6. The third-order valence-corrected chi connectivity index (χ3v) is 2.57. The van der Waals surface area contributed by atoms with Crippen molar-refractivity contribution in [2.45, 2.75) is 25.9 Å². The topological polar surface area (TPSA) is 56.5 Å². The van der Waals surface area contributed by atoms with Crippen molar-refractivity contribution in [3.8, 4) is 11.5 Å². The summed E-state index contributed by atoms with van der Waals surface area (Å²) in [6.07, 6.45) is 0. The van der Waals surface area contributed by atoms with Crippen LogP contribution < -0.4 is 20.5 Å². The van der Waals surface area contributed by atoms with Gasteiger partial charge in [0, 0.05) is 18.6 Å². The van der Waals surface area contributed by atoms with Gasteiger partial charge in [-0.3, -0.25) is 0 Å². The second-order valence-electron chi connectivity index (χ2n) is 4.22. The van der Waals surface area contributed by atoms with Crippen molar-refractivity contribution in [2.24, 2.45) is 5.73 Å². The first-order valence-corrected chi connectivity index (χ1v) is 5.56. The standard InChI is InChI=1S/C12H18N2O2/c1-8(2)14-10(6-13)9-3-4-11-12(5-9)16-7-15-11/h3-5,8,10,14H,6-7,13H2,1-2H3. The van der Waals surface area contributed by atoms with Gasteiger partial charge in [-0.05, 0) is 17.7 Å². The fourth-order valence-corrected chi connectivity index (χ4v) is 1.83. The number of rotatable bonds is 4. The monoisotopic (exact) mass is 222 g/mol. The molecular formula is C12H18N2O2. The van der Waals surface area contributed by atoms with Crippen molar-refractivity contribution in [1.82, 2.24) is 5.32 Å². The van der Waals surface area contributed by atoms with Crippen LogP contribution in [0.5, 0.6) is 11.5 Å². The fraction of sp³-hybridized carbons (Fsp3) is 0.500. The molecule has 0 radical (unpaired) electrons. The lowest BCUT2D eigenvalue weighted by Gasteiger charge is -2.20. The Hall–Kier alpha value is -1.26. The minimum absolute atomic E-state index is 0.162. The third kappa shape index (κ3) is 2.28. The molecular weight excluding hydrogens is 204 g/mol. The predicted molar refractivity (Wildman–Crippen MR) is 62.6 cm³/mol. The van der Waals surface area contributed by atoms with Crippen molar-refractivity contribution in [1.29, 1.82) is 0 Å². The Kier molecular flexibility index (Phi) is 3.31. The molecule has 16 heavy (non-hydrogen) atoms. The Morgan fingerprint density at radius 3 is 2.75 bits per heavy atom. The molecule has 3 N–H and O–H groups in total. The molecule has 4 nitrogen and oxygen atoms in total. The van der Waals surface area contributed by atoms with Crippen LogP contribution in [0.15, 0.2) is 18.2 Å². The lowest BCUT2D eigenvalue weighted by molar-refractivity contribution is 0.174. The third-order valence-electron chi connectivity index (χ3n) is 2.57. The maximum absolute atomic E-state index is 5.76. The van der Waals surface area contributed by atoms with Gasteiger partial charge in [-0.25, -0.2) is 0 Å². The van der Waals surface area contributed by atoms with Crippen LogP contribution in [0.25, 0.3) is 0 Å². The summed E-state index contributed by atoms with van der Waals surface area (Å²) in [4.78, 5) is 0. The summed E-state index contributed by atoms with van der Waals surface area (Å²) in [6.45, 7) is 5.09. The van der Waals surface area contributed by atoms with E-state index < -0.39 is 0 Å². The second-order valence-corrected chi connectivity index (χ2v) is 4.22. The summed E-state index contributed by atoms with van der Waals surface area (Å²) >= 11 is 0. The molecule has 0 fully saturated rings. The van der Waals surface area contributed by atoms with Crippen molar-refractivity contribution >= 4 is 0 Å². The van der Waals surface area contributed by atoms with Gasteiger partial charge in [0.2, 0.25) is 6.79 Å². The SMILES string of the molecule is CC(C)NC(CN)c1ccc2c(c1)OCO2. The van der Waals surface area contributed by atoms with Crippen molar-refractivity contribution in [3.63, 3.8) is 0 Å². The van der Waals surface area contributed by atoms with E-state index in [0.29, 0.717) is 19.4 Å². The highest BCUT2D eigenvalue weighted by Gasteiger charge is 2.17. The number of nitrogens with two attached hydrogens (primary N) is 1. The summed E-state index contributed by atoms with van der Waals surface area (Å²) in [7, 11) is 0. The Labute approximate surface area is 95.7 Å². The van der Waals surface area contributed by atoms with E-state index in [1.807, 2.05) is 18.2 Å². The lowest BCUT2D eigenvalue weighted by Crippen LogP contribution is -2.33. The minimum Gasteiger partial charge on any atom is -0.454 e. The average Bonchev–Trinajstić information content (AvgIpc) is 2.72. The molecule has 1 unspecified atom stereocenters. The number of hydrogen-bond acceptors (Lipinski definition) is 4. The van der Waals surface area contributed by atoms with Crippen LogP contribution in [0.2, 0.25) is 0 Å². The highest BCUT2D eigenvalue weighted by molar-refractivity contribution is 5.45. The number of hydrogen-bond donors (Lipinski definition) is 2. The number of benzene rings is 1. The minimum atomic E-state index is 0.162. The van der Waals surface area contributed by atoms with Crippen molar-refractivity contribution in [3.05, 3.63) is 23.8 Å². The number of nitrogens with one attached hydrogen (secondary N) is 1. The van der Waals surface area contributed by atoms with E-state index in [4.69, 9.17) is 15.2 Å². The zero-order valence-electron chi connectivity index (χ0n) is 9.69. The molecule has 1 aromatic carbocycles. The van der Waals surface area contributed by atoms with E-state index in [9.17, 15) is 0 Å². The molecule has 1 aliphatic rings. The molecule has 0 amide bonds. The first-order valence-electron chi connectivity index (χ1n) is 5.56. The van der Waals surface area contributed by atoms with Gasteiger partial charge in [-0.2, -0.15) is 0 Å². The van der Waals surface area contributed by atoms with Crippen LogP contribution in [0.4, 0.5) is 0 Å². The molecule has 88 valence electrons. The van der Waals surface area contributed by atoms with Gasteiger partial charge in [0.15, 0.2) is 11.5 Å². The zero-order chi connectivity index (χ0) is 11.5. The van der Waals surface area contributed by atoms with Gasteiger partial charge >= 0.3 is 0 Å². The van der Waals surface area contributed by atoms with E-state index in [0.717, 1.165) is 17.1 Å². The van der Waals surface area contributed by atoms with E-state index in [1.165, 1.54) is 0 Å². The molecule has 0 saturated heterocycles. The van der Waals surface area contributed by atoms with Crippen LogP contribution in [0, 0.1) is 0 Å². The summed E-state index contributed by atoms with van der Waals surface area (Å²) in [5, 5.41) is 3.42. The maximum Gasteiger partial charge on any atom is 0.231 e. The largest absolute Gasteiger partial charge is 0.454 e. The van der Waals surface area contributed by atoms with Crippen LogP contribution in [-0.2, 0) is 0 Å². The van der Waals surface area contributed by atoms with Crippen LogP contribution in [0.3, 0.4) is 0 Å². The summed E-state index contributed by atoms with van der Waals surface area (Å²) in [5.74, 6) is 1.62. The molecule has 1 heterocycles. The van der Waals surface area contributed by atoms with E-state index in [1.54, 1.807) is 0 Å². The molecule has 0 spiro atoms. The quantitative estimate of drug-likeness (QED) is 0.808. The van der Waals surface area contributed by atoms with Crippen molar-refractivity contribution in [2.75, 3.05) is 13.3 Å². The van der Waals surface area contributed by atoms with E-state index >= 15 is 0 Å². The molecule has 2 rings (SSSR count). The maximum atomic E-state index is 5.76. The molecule has 1 aliphatic heterocycles. The Balaban J connectivity index is 2.18. The Morgan fingerprint density at radius 2 is 2.06 bits per heavy atom. The fourth-order valence-electron chi connectivity index (χ4n) is 1.83. The van der Waals surface area contributed by atoms with Crippen LogP contribution in [0.1, 0.15) is 25.5 Å². The Morgan fingerprint density at radius 1 is 1.31 bits per heavy atom. The van der Waals surface area contributed by atoms with Crippen LogP contribution >= 0.6 is 0 Å². The molecule has 0 aliphatic carbocycles. The first-order chi connectivity index (χ1) is 7.70. The summed E-state index contributed by atoms with van der Waals surface area (Å²) in [5.41, 5.74) is 6.90. The summed E-state index contributed by atoms with van der Waals surface area (Å²) in [6, 6.07) is 6.52. The molecule has 0 saturated carbocycles. The number of ether oxygens (including phenoxy) is 2. The predicted octanol–water partition coefficient (Wildman–Crippen LogP) is 1.41. The van der Waals surface area contributed by atoms with Gasteiger partial charge in [0.25, 0.3) is 0 Å². The normalized spacial score (nSPS) is 15.5. The highest BCUT2D eigenvalue weighted by Crippen LogP contribution is 2.34. The van der Waals surface area contributed by atoms with Crippen LogP contribution in [-0.4, -0.2) is 19.4 Å². The highest BCUT2D eigenvalue weighted by atomic mass is 16.7. The van der Waals surface area contributed by atoms with E-state index in [2.05, 4.69) is 19.2 Å². The van der Waals surface area contributed by atoms with Gasteiger partial charge in [0.05, 0.1) is 0 Å². The second kappa shape index (κ2) is 4.72. The molecule has 4 heteroatoms. The average molecular weight is 222 g/mol. The smallest absolute Gasteiger partial charge is 0.231 e. The number of fused-ring (bicyclic) bond motifs is 1. The van der Waals surface area contributed by atoms with Crippen molar-refractivity contribution < 1.29 is 9.47 Å². The molecule has 1 atom stereocenters. The first kappa shape index (κ1) is 11.2. The Bertz CT molecular complexity index is 366. The van der Waals surface area contributed by atoms with Gasteiger partial charge in [-0.15, -0.1) is 0 Å².